The summed E-state index contributed by atoms with van der Waals surface area (Å²) < 4.78 is 0. The molecule has 6 nitrogen and oxygen atoms in total. The van der Waals surface area contributed by atoms with Crippen LogP contribution in [0.1, 0.15) is 76.2 Å². The summed E-state index contributed by atoms with van der Waals surface area (Å²) in [7, 11) is 0. The van der Waals surface area contributed by atoms with Gasteiger partial charge in [-0.05, 0) is 48.9 Å². The first-order chi connectivity index (χ1) is 14.6. The van der Waals surface area contributed by atoms with Crippen LogP contribution in [0.5, 0.6) is 17.2 Å². The van der Waals surface area contributed by atoms with Gasteiger partial charge in [0, 0.05) is 6.42 Å². The van der Waals surface area contributed by atoms with E-state index in [1.54, 1.807) is 24.3 Å². The fourth-order valence-corrected chi connectivity index (χ4v) is 3.56. The third-order valence-corrected chi connectivity index (χ3v) is 5.27. The molecule has 0 heterocycles. The van der Waals surface area contributed by atoms with E-state index in [9.17, 15) is 20.1 Å². The number of para-hydroxylation sites is 1. The lowest BCUT2D eigenvalue weighted by Crippen LogP contribution is -2.01. The number of aromatic hydroxyl groups is 3. The van der Waals surface area contributed by atoms with E-state index in [2.05, 4.69) is 17.2 Å². The van der Waals surface area contributed by atoms with E-state index in [1.807, 2.05) is 0 Å². The van der Waals surface area contributed by atoms with E-state index in [0.29, 0.717) is 12.0 Å². The van der Waals surface area contributed by atoms with Gasteiger partial charge in [-0.3, -0.25) is 0 Å². The molecule has 0 amide bonds. The summed E-state index contributed by atoms with van der Waals surface area (Å²) in [4.78, 5) is 10.7. The molecule has 0 aliphatic carbocycles. The number of hydrogen-bond donors (Lipinski definition) is 3. The number of unbranched alkanes of at least 4 members (excludes halogenated alkanes) is 5. The first kappa shape index (κ1) is 23.4. The van der Waals surface area contributed by atoms with Gasteiger partial charge in [-0.15, -0.1) is 10.2 Å². The van der Waals surface area contributed by atoms with Crippen molar-refractivity contribution in [1.29, 1.82) is 0 Å². The third kappa shape index (κ3) is 6.87. The summed E-state index contributed by atoms with van der Waals surface area (Å²) in [6.45, 7) is 2.18. The maximum atomic E-state index is 10.8. The molecule has 0 aliphatic heterocycles. The Kier molecular flexibility index (Phi) is 9.84. The van der Waals surface area contributed by atoms with Crippen molar-refractivity contribution in [2.75, 3.05) is 0 Å². The first-order valence-corrected chi connectivity index (χ1v) is 10.8. The highest BCUT2D eigenvalue weighted by Gasteiger charge is 2.20. The zero-order valence-corrected chi connectivity index (χ0v) is 17.6. The van der Waals surface area contributed by atoms with Crippen molar-refractivity contribution >= 4 is 17.7 Å². The molecule has 2 aromatic carbocycles. The Hall–Kier alpha value is -2.89. The monoisotopic (exact) mass is 412 g/mol. The largest absolute Gasteiger partial charge is 0.506 e. The number of benzene rings is 2. The number of phenolic OH excluding ortho intramolecular Hbond substituents is 3. The highest BCUT2D eigenvalue weighted by molar-refractivity contribution is 5.65. The number of phenols is 3. The molecule has 162 valence electrons. The van der Waals surface area contributed by atoms with Crippen molar-refractivity contribution in [2.45, 2.75) is 70.6 Å². The molecule has 0 saturated heterocycles. The third-order valence-electron chi connectivity index (χ3n) is 5.27. The van der Waals surface area contributed by atoms with Crippen LogP contribution in [0.25, 0.3) is 0 Å². The summed E-state index contributed by atoms with van der Waals surface area (Å²) in [5.74, 6) is -0.231. The average molecular weight is 413 g/mol. The van der Waals surface area contributed by atoms with Crippen molar-refractivity contribution in [2.24, 2.45) is 10.2 Å². The van der Waals surface area contributed by atoms with Gasteiger partial charge < -0.3 is 20.1 Å². The van der Waals surface area contributed by atoms with Crippen molar-refractivity contribution < 1.29 is 20.1 Å². The van der Waals surface area contributed by atoms with Crippen LogP contribution in [0, 0.1) is 0 Å². The molecule has 2 rings (SSSR count). The molecule has 0 aliphatic rings. The second-order valence-corrected chi connectivity index (χ2v) is 7.56. The van der Waals surface area contributed by atoms with E-state index >= 15 is 0 Å². The minimum absolute atomic E-state index is 0.0119. The molecule has 0 radical (unpaired) electrons. The average Bonchev–Trinajstić information content (AvgIpc) is 2.74. The van der Waals surface area contributed by atoms with E-state index in [-0.39, 0.29) is 34.5 Å². The lowest BCUT2D eigenvalue weighted by Gasteiger charge is -2.19. The van der Waals surface area contributed by atoms with E-state index in [4.69, 9.17) is 0 Å². The molecular formula is C24H32N2O4. The van der Waals surface area contributed by atoms with Crippen LogP contribution in [0.4, 0.5) is 11.4 Å². The second-order valence-electron chi connectivity index (χ2n) is 7.56. The minimum atomic E-state index is -0.176. The van der Waals surface area contributed by atoms with Crippen LogP contribution in [0.15, 0.2) is 46.6 Å². The van der Waals surface area contributed by atoms with Gasteiger partial charge in [0.25, 0.3) is 0 Å². The molecule has 0 saturated carbocycles. The SMILES string of the molecule is CCCCCCCC(CCCC=O)c1ccc(O)c(N=Nc2ccccc2O)c1O. The minimum Gasteiger partial charge on any atom is -0.506 e. The van der Waals surface area contributed by atoms with E-state index in [1.165, 1.54) is 31.4 Å². The van der Waals surface area contributed by atoms with Crippen molar-refractivity contribution in [3.63, 3.8) is 0 Å². The van der Waals surface area contributed by atoms with Crippen LogP contribution in [0.2, 0.25) is 0 Å². The number of carbonyl (C=O) groups is 1. The van der Waals surface area contributed by atoms with Crippen molar-refractivity contribution in [3.05, 3.63) is 42.0 Å². The Bertz CT molecular complexity index is 836. The summed E-state index contributed by atoms with van der Waals surface area (Å²) in [5.41, 5.74) is 0.947. The van der Waals surface area contributed by atoms with Gasteiger partial charge in [0.15, 0.2) is 5.69 Å². The lowest BCUT2D eigenvalue weighted by atomic mass is 9.87. The van der Waals surface area contributed by atoms with Crippen LogP contribution >= 0.6 is 0 Å². The summed E-state index contributed by atoms with van der Waals surface area (Å²) in [6.07, 6.45) is 9.61. The van der Waals surface area contributed by atoms with Gasteiger partial charge in [0.05, 0.1) is 0 Å². The maximum Gasteiger partial charge on any atom is 0.169 e. The van der Waals surface area contributed by atoms with E-state index < -0.39 is 0 Å². The van der Waals surface area contributed by atoms with Gasteiger partial charge in [-0.1, -0.05) is 57.2 Å². The molecular weight excluding hydrogens is 380 g/mol. The number of rotatable bonds is 13. The van der Waals surface area contributed by atoms with Gasteiger partial charge >= 0.3 is 0 Å². The maximum absolute atomic E-state index is 10.8. The topological polar surface area (TPSA) is 102 Å². The van der Waals surface area contributed by atoms with Crippen LogP contribution in [0.3, 0.4) is 0 Å². The zero-order valence-electron chi connectivity index (χ0n) is 17.6. The number of hydrogen-bond acceptors (Lipinski definition) is 6. The fourth-order valence-electron chi connectivity index (χ4n) is 3.56. The summed E-state index contributed by atoms with van der Waals surface area (Å²) in [5, 5.41) is 38.9. The Morgan fingerprint density at radius 1 is 0.867 bits per heavy atom. The smallest absolute Gasteiger partial charge is 0.169 e. The van der Waals surface area contributed by atoms with Gasteiger partial charge in [0.2, 0.25) is 0 Å². The quantitative estimate of drug-likeness (QED) is 0.187. The molecule has 0 bridgehead atoms. The highest BCUT2D eigenvalue weighted by atomic mass is 16.3. The van der Waals surface area contributed by atoms with Crippen LogP contribution < -0.4 is 0 Å². The van der Waals surface area contributed by atoms with Gasteiger partial charge in [0.1, 0.15) is 29.2 Å². The Morgan fingerprint density at radius 2 is 1.60 bits per heavy atom. The number of aldehydes is 1. The molecule has 0 fully saturated rings. The molecule has 0 spiro atoms. The number of azo groups is 1. The lowest BCUT2D eigenvalue weighted by molar-refractivity contribution is -0.107. The van der Waals surface area contributed by atoms with Gasteiger partial charge in [-0.2, -0.15) is 0 Å². The molecule has 1 unspecified atom stereocenters. The standard InChI is InChI=1S/C24H32N2O4/c1-2-3-4-5-6-11-18(12-9-10-17-27)19-15-16-22(29)23(24(19)30)26-25-20-13-7-8-14-21(20)28/h7-8,13-18,28-30H,2-6,9-12H2,1H3. The highest BCUT2D eigenvalue weighted by Crippen LogP contribution is 2.45. The zero-order chi connectivity index (χ0) is 21.8. The second kappa shape index (κ2) is 12.6. The predicted octanol–water partition coefficient (Wildman–Crippen LogP) is 7.03. The Labute approximate surface area is 178 Å². The number of nitrogens with zero attached hydrogens (tertiary/aromatic N) is 2. The number of carbonyl (C=O) groups excluding carboxylic acids is 1. The van der Waals surface area contributed by atoms with E-state index in [0.717, 1.165) is 38.4 Å². The van der Waals surface area contributed by atoms with Crippen LogP contribution in [-0.4, -0.2) is 21.6 Å². The molecule has 0 aromatic heterocycles. The van der Waals surface area contributed by atoms with Crippen molar-refractivity contribution in [3.8, 4) is 17.2 Å². The molecule has 3 N–H and O–H groups in total. The molecule has 1 atom stereocenters. The fraction of sp³-hybridized carbons (Fsp3) is 0.458. The Balaban J connectivity index is 2.23. The molecule has 6 heteroatoms. The Morgan fingerprint density at radius 3 is 2.33 bits per heavy atom. The normalized spacial score (nSPS) is 12.3. The van der Waals surface area contributed by atoms with Crippen molar-refractivity contribution in [1.82, 2.24) is 0 Å². The summed E-state index contributed by atoms with van der Waals surface area (Å²) in [6, 6.07) is 9.71. The molecule has 2 aromatic rings. The molecule has 30 heavy (non-hydrogen) atoms. The summed E-state index contributed by atoms with van der Waals surface area (Å²) >= 11 is 0. The van der Waals surface area contributed by atoms with Gasteiger partial charge in [-0.25, -0.2) is 0 Å². The van der Waals surface area contributed by atoms with Crippen LogP contribution in [-0.2, 0) is 4.79 Å². The first-order valence-electron chi connectivity index (χ1n) is 10.8. The predicted molar refractivity (Wildman–Crippen MR) is 118 cm³/mol.